The lowest BCUT2D eigenvalue weighted by molar-refractivity contribution is -0.127. The van der Waals surface area contributed by atoms with E-state index < -0.39 is 17.1 Å². The summed E-state index contributed by atoms with van der Waals surface area (Å²) in [6.07, 6.45) is 1.67. The monoisotopic (exact) mass is 422 g/mol. The van der Waals surface area contributed by atoms with Crippen molar-refractivity contribution in [3.8, 4) is 5.75 Å². The fourth-order valence-corrected chi connectivity index (χ4v) is 4.37. The molecule has 140 valence electrons. The van der Waals surface area contributed by atoms with Crippen LogP contribution in [-0.2, 0) is 9.59 Å². The molecule has 0 radical (unpaired) electrons. The van der Waals surface area contributed by atoms with Crippen molar-refractivity contribution in [3.63, 3.8) is 0 Å². The summed E-state index contributed by atoms with van der Waals surface area (Å²) in [5.41, 5.74) is 0.447. The Hall–Kier alpha value is -2.29. The number of rotatable bonds is 5. The van der Waals surface area contributed by atoms with E-state index >= 15 is 0 Å². The van der Waals surface area contributed by atoms with Crippen LogP contribution in [0.25, 0.3) is 6.08 Å². The third-order valence-electron chi connectivity index (χ3n) is 3.65. The molecule has 3 amide bonds. The lowest BCUT2D eigenvalue weighted by Gasteiger charge is -2.13. The third kappa shape index (κ3) is 4.52. The van der Waals surface area contributed by atoms with Crippen molar-refractivity contribution in [1.82, 2.24) is 4.90 Å². The highest BCUT2D eigenvalue weighted by atomic mass is 35.5. The van der Waals surface area contributed by atoms with Crippen molar-refractivity contribution in [2.75, 3.05) is 19.0 Å². The lowest BCUT2D eigenvalue weighted by atomic mass is 10.3. The zero-order valence-electron chi connectivity index (χ0n) is 14.4. The first-order valence-electron chi connectivity index (χ1n) is 7.82. The fourth-order valence-electron chi connectivity index (χ4n) is 2.38. The number of thioether (sulfide) groups is 1. The van der Waals surface area contributed by atoms with Gasteiger partial charge < -0.3 is 10.1 Å². The standard InChI is InChI=1S/C18H15ClN2O4S2/c1-10-3-5-12(26-10)8-15-17(23)21(18(24)27-15)9-16(22)20-11-4-6-14(25-2)13(19)7-11/h3-8H,9H2,1-2H3,(H,20,22)/b15-8+. The molecule has 1 aliphatic rings. The maximum absolute atomic E-state index is 12.5. The van der Waals surface area contributed by atoms with Crippen molar-refractivity contribution in [1.29, 1.82) is 0 Å². The van der Waals surface area contributed by atoms with Crippen LogP contribution in [0.5, 0.6) is 5.75 Å². The van der Waals surface area contributed by atoms with Crippen molar-refractivity contribution in [2.24, 2.45) is 0 Å². The second-order valence-corrected chi connectivity index (χ2v) is 8.33. The summed E-state index contributed by atoms with van der Waals surface area (Å²) in [6, 6.07) is 8.59. The number of hydrogen-bond acceptors (Lipinski definition) is 6. The van der Waals surface area contributed by atoms with E-state index in [4.69, 9.17) is 16.3 Å². The zero-order chi connectivity index (χ0) is 19.6. The molecule has 0 unspecified atom stereocenters. The normalized spacial score (nSPS) is 15.5. The van der Waals surface area contributed by atoms with E-state index in [1.165, 1.54) is 24.5 Å². The first-order chi connectivity index (χ1) is 12.9. The lowest BCUT2D eigenvalue weighted by Crippen LogP contribution is -2.36. The number of nitrogens with zero attached hydrogens (tertiary/aromatic N) is 1. The van der Waals surface area contributed by atoms with Gasteiger partial charge in [-0.3, -0.25) is 19.3 Å². The van der Waals surface area contributed by atoms with Crippen LogP contribution in [0.1, 0.15) is 9.75 Å². The van der Waals surface area contributed by atoms with Crippen LogP contribution >= 0.6 is 34.7 Å². The number of amides is 3. The molecule has 9 heteroatoms. The molecule has 2 aromatic rings. The smallest absolute Gasteiger partial charge is 0.294 e. The number of anilines is 1. The van der Waals surface area contributed by atoms with Gasteiger partial charge in [-0.2, -0.15) is 0 Å². The minimum absolute atomic E-state index is 0.308. The molecule has 3 rings (SSSR count). The quantitative estimate of drug-likeness (QED) is 0.723. The topological polar surface area (TPSA) is 75.7 Å². The second kappa shape index (κ2) is 8.16. The van der Waals surface area contributed by atoms with Crippen LogP contribution < -0.4 is 10.1 Å². The van der Waals surface area contributed by atoms with E-state index in [0.717, 1.165) is 26.4 Å². The third-order valence-corrected chi connectivity index (χ3v) is 5.80. The van der Waals surface area contributed by atoms with Crippen molar-refractivity contribution >= 4 is 63.5 Å². The maximum Gasteiger partial charge on any atom is 0.294 e. The number of carbonyl (C=O) groups is 3. The van der Waals surface area contributed by atoms with Gasteiger partial charge in [0.25, 0.3) is 11.1 Å². The van der Waals surface area contributed by atoms with E-state index in [1.54, 1.807) is 18.2 Å². The number of carbonyl (C=O) groups excluding carboxylic acids is 3. The van der Waals surface area contributed by atoms with Crippen molar-refractivity contribution in [2.45, 2.75) is 6.92 Å². The second-order valence-electron chi connectivity index (χ2n) is 5.61. The molecule has 0 aliphatic carbocycles. The summed E-state index contributed by atoms with van der Waals surface area (Å²) in [5.74, 6) is -0.486. The number of benzene rings is 1. The number of hydrogen-bond donors (Lipinski definition) is 1. The molecule has 6 nitrogen and oxygen atoms in total. The Morgan fingerprint density at radius 2 is 2.07 bits per heavy atom. The van der Waals surface area contributed by atoms with Gasteiger partial charge in [0.2, 0.25) is 5.91 Å². The van der Waals surface area contributed by atoms with E-state index in [1.807, 2.05) is 19.1 Å². The fraction of sp³-hybridized carbons (Fsp3) is 0.167. The molecule has 0 bridgehead atoms. The minimum atomic E-state index is -0.494. The van der Waals surface area contributed by atoms with Crippen LogP contribution in [0.3, 0.4) is 0 Å². The molecule has 0 atom stereocenters. The first-order valence-corrected chi connectivity index (χ1v) is 9.83. The van der Waals surface area contributed by atoms with Gasteiger partial charge in [0.1, 0.15) is 12.3 Å². The molecule has 27 heavy (non-hydrogen) atoms. The first kappa shape index (κ1) is 19.5. The number of methoxy groups -OCH3 is 1. The highest BCUT2D eigenvalue weighted by molar-refractivity contribution is 8.18. The summed E-state index contributed by atoms with van der Waals surface area (Å²) in [6.45, 7) is 1.60. The molecule has 1 aliphatic heterocycles. The van der Waals surface area contributed by atoms with E-state index in [9.17, 15) is 14.4 Å². The molecule has 0 spiro atoms. The summed E-state index contributed by atoms with van der Waals surface area (Å²) >= 11 is 8.38. The maximum atomic E-state index is 12.5. The SMILES string of the molecule is COc1ccc(NC(=O)CN2C(=O)S/C(=C/c3ccc(C)s3)C2=O)cc1Cl. The predicted octanol–water partition coefficient (Wildman–Crippen LogP) is 4.39. The molecule has 1 aromatic carbocycles. The Bertz CT molecular complexity index is 955. The number of aryl methyl sites for hydroxylation is 1. The average molecular weight is 423 g/mol. The Labute approximate surface area is 169 Å². The Balaban J connectivity index is 1.67. The van der Waals surface area contributed by atoms with Gasteiger partial charge in [0, 0.05) is 15.4 Å². The number of halogens is 1. The molecule has 0 saturated carbocycles. The molecular weight excluding hydrogens is 408 g/mol. The van der Waals surface area contributed by atoms with Crippen LogP contribution in [0.2, 0.25) is 5.02 Å². The molecule has 1 aromatic heterocycles. The Morgan fingerprint density at radius 3 is 2.70 bits per heavy atom. The minimum Gasteiger partial charge on any atom is -0.495 e. The molecular formula is C18H15ClN2O4S2. The number of ether oxygens (including phenoxy) is 1. The van der Waals surface area contributed by atoms with Gasteiger partial charge in [-0.1, -0.05) is 11.6 Å². The van der Waals surface area contributed by atoms with E-state index in [2.05, 4.69) is 5.32 Å². The van der Waals surface area contributed by atoms with Gasteiger partial charge in [-0.25, -0.2) is 0 Å². The van der Waals surface area contributed by atoms with Crippen LogP contribution in [0.4, 0.5) is 10.5 Å². The van der Waals surface area contributed by atoms with Gasteiger partial charge >= 0.3 is 0 Å². The molecule has 2 heterocycles. The molecule has 1 fully saturated rings. The Morgan fingerprint density at radius 1 is 1.30 bits per heavy atom. The van der Waals surface area contributed by atoms with Crippen LogP contribution in [0, 0.1) is 6.92 Å². The summed E-state index contributed by atoms with van der Waals surface area (Å²) in [7, 11) is 1.49. The van der Waals surface area contributed by atoms with Crippen LogP contribution in [-0.4, -0.2) is 35.6 Å². The van der Waals surface area contributed by atoms with Crippen LogP contribution in [0.15, 0.2) is 35.2 Å². The number of nitrogens with one attached hydrogen (secondary N) is 1. The predicted molar refractivity (Wildman–Crippen MR) is 108 cm³/mol. The van der Waals surface area contributed by atoms with Crippen molar-refractivity contribution in [3.05, 3.63) is 50.0 Å². The largest absolute Gasteiger partial charge is 0.495 e. The van der Waals surface area contributed by atoms with Gasteiger partial charge in [0.05, 0.1) is 17.0 Å². The summed E-state index contributed by atoms with van der Waals surface area (Å²) in [5, 5.41) is 2.49. The molecule has 1 saturated heterocycles. The van der Waals surface area contributed by atoms with Gasteiger partial charge in [0.15, 0.2) is 0 Å². The van der Waals surface area contributed by atoms with Gasteiger partial charge in [-0.05, 0) is 55.1 Å². The average Bonchev–Trinajstić information content (AvgIpc) is 3.13. The molecule has 1 N–H and O–H groups in total. The highest BCUT2D eigenvalue weighted by Crippen LogP contribution is 2.33. The van der Waals surface area contributed by atoms with Crippen molar-refractivity contribution < 1.29 is 19.1 Å². The Kier molecular flexibility index (Phi) is 5.88. The number of thiophene rings is 1. The number of imide groups is 1. The zero-order valence-corrected chi connectivity index (χ0v) is 16.8. The van der Waals surface area contributed by atoms with E-state index in [0.29, 0.717) is 21.4 Å². The van der Waals surface area contributed by atoms with E-state index in [-0.39, 0.29) is 6.54 Å². The summed E-state index contributed by atoms with van der Waals surface area (Å²) in [4.78, 5) is 40.0. The highest BCUT2D eigenvalue weighted by Gasteiger charge is 2.36. The summed E-state index contributed by atoms with van der Waals surface area (Å²) < 4.78 is 5.05. The van der Waals surface area contributed by atoms with Gasteiger partial charge in [-0.15, -0.1) is 11.3 Å².